The number of aryl methyl sites for hydroxylation is 3. The molecule has 2 bridgehead atoms. The van der Waals surface area contributed by atoms with E-state index in [4.69, 9.17) is 4.74 Å². The molecule has 5 atom stereocenters. The highest BCUT2D eigenvalue weighted by Crippen LogP contribution is 2.56. The van der Waals surface area contributed by atoms with Crippen LogP contribution in [0, 0.1) is 50.4 Å². The summed E-state index contributed by atoms with van der Waals surface area (Å²) in [6, 6.07) is 10.9. The van der Waals surface area contributed by atoms with Crippen molar-refractivity contribution in [2.24, 2.45) is 29.6 Å². The molecule has 2 aliphatic heterocycles. The first kappa shape index (κ1) is 23.0. The molecule has 7 heteroatoms. The largest absolute Gasteiger partial charge is 0.426 e. The fraction of sp³-hybridized carbons (Fsp3) is 0.448. The number of benzene rings is 2. The fourth-order valence-electron chi connectivity index (χ4n) is 7.01. The third-order valence-corrected chi connectivity index (χ3v) is 8.53. The van der Waals surface area contributed by atoms with Crippen LogP contribution in [0.4, 0.5) is 11.4 Å². The zero-order valence-corrected chi connectivity index (χ0v) is 20.8. The van der Waals surface area contributed by atoms with Gasteiger partial charge in [-0.15, -0.1) is 0 Å². The Bertz CT molecular complexity index is 1270. The van der Waals surface area contributed by atoms with E-state index in [0.717, 1.165) is 36.1 Å². The lowest BCUT2D eigenvalue weighted by Gasteiger charge is -2.20. The number of carbonyl (C=O) groups is 4. The lowest BCUT2D eigenvalue weighted by molar-refractivity contribution is -0.139. The Hall–Kier alpha value is -3.48. The highest BCUT2D eigenvalue weighted by Gasteiger charge is 2.61. The van der Waals surface area contributed by atoms with Gasteiger partial charge in [0.05, 0.1) is 23.4 Å². The number of hydrogen-bond acceptors (Lipinski definition) is 5. The first-order valence-corrected chi connectivity index (χ1v) is 12.8. The molecule has 186 valence electrons. The van der Waals surface area contributed by atoms with Crippen molar-refractivity contribution in [2.45, 2.75) is 46.5 Å². The Kier molecular flexibility index (Phi) is 5.28. The van der Waals surface area contributed by atoms with E-state index in [-0.39, 0.29) is 42.5 Å². The molecule has 36 heavy (non-hydrogen) atoms. The second-order valence-corrected chi connectivity index (χ2v) is 11.0. The monoisotopic (exact) mass is 486 g/mol. The van der Waals surface area contributed by atoms with E-state index in [1.54, 1.807) is 23.1 Å². The minimum absolute atomic E-state index is 0.0824. The second-order valence-electron chi connectivity index (χ2n) is 11.0. The zero-order chi connectivity index (χ0) is 25.3. The molecule has 0 unspecified atom stereocenters. The highest BCUT2D eigenvalue weighted by molar-refractivity contribution is 6.23. The Labute approximate surface area is 210 Å². The average molecular weight is 487 g/mol. The van der Waals surface area contributed by atoms with Gasteiger partial charge < -0.3 is 9.64 Å². The normalized spacial score (nSPS) is 28.9. The topological polar surface area (TPSA) is 84.0 Å². The number of esters is 1. The molecule has 2 saturated heterocycles. The van der Waals surface area contributed by atoms with Crippen molar-refractivity contribution < 1.29 is 23.9 Å². The number of ether oxygens (including phenoxy) is 1. The van der Waals surface area contributed by atoms with E-state index in [1.807, 2.05) is 39.0 Å². The molecular weight excluding hydrogens is 456 g/mol. The van der Waals surface area contributed by atoms with Gasteiger partial charge in [0, 0.05) is 18.7 Å². The molecule has 0 aromatic heterocycles. The summed E-state index contributed by atoms with van der Waals surface area (Å²) in [6.07, 6.45) is 3.18. The number of amides is 3. The van der Waals surface area contributed by atoms with Crippen molar-refractivity contribution in [1.82, 2.24) is 0 Å². The van der Waals surface area contributed by atoms with Crippen LogP contribution >= 0.6 is 0 Å². The molecule has 2 saturated carbocycles. The Balaban J connectivity index is 1.16. The van der Waals surface area contributed by atoms with Crippen molar-refractivity contribution in [3.63, 3.8) is 0 Å². The maximum Gasteiger partial charge on any atom is 0.316 e. The Morgan fingerprint density at radius 1 is 0.889 bits per heavy atom. The van der Waals surface area contributed by atoms with Crippen molar-refractivity contribution in [2.75, 3.05) is 16.3 Å². The van der Waals surface area contributed by atoms with Gasteiger partial charge in [0.2, 0.25) is 17.7 Å². The van der Waals surface area contributed by atoms with Crippen LogP contribution in [-0.2, 0) is 19.2 Å². The summed E-state index contributed by atoms with van der Waals surface area (Å²) in [4.78, 5) is 54.9. The number of imide groups is 1. The first-order valence-electron chi connectivity index (χ1n) is 12.8. The minimum Gasteiger partial charge on any atom is -0.426 e. The zero-order valence-electron chi connectivity index (χ0n) is 20.8. The van der Waals surface area contributed by atoms with E-state index in [1.165, 1.54) is 4.90 Å². The molecule has 6 rings (SSSR count). The van der Waals surface area contributed by atoms with E-state index < -0.39 is 11.9 Å². The van der Waals surface area contributed by atoms with Crippen LogP contribution in [0.25, 0.3) is 0 Å². The Morgan fingerprint density at radius 3 is 2.14 bits per heavy atom. The third kappa shape index (κ3) is 3.55. The van der Waals surface area contributed by atoms with Gasteiger partial charge >= 0.3 is 5.97 Å². The number of fused-ring (bicyclic) bond motifs is 5. The van der Waals surface area contributed by atoms with Crippen molar-refractivity contribution >= 4 is 35.1 Å². The summed E-state index contributed by atoms with van der Waals surface area (Å²) in [5.74, 6) is -0.615. The molecule has 4 aliphatic rings. The van der Waals surface area contributed by atoms with Crippen LogP contribution in [0.15, 0.2) is 36.4 Å². The summed E-state index contributed by atoms with van der Waals surface area (Å²) in [5, 5.41) is 0. The van der Waals surface area contributed by atoms with Gasteiger partial charge in [-0.05, 0) is 98.9 Å². The SMILES string of the molecule is Cc1cc(C)cc(N2C[C@@H](C(=O)Oc3ccc(N4C(=O)[C@@H]5[C@H]6CC[C@@H](C6)[C@@H]5C4=O)c(C)c3)CC2=O)c1. The third-order valence-electron chi connectivity index (χ3n) is 8.53. The molecule has 3 amide bonds. The number of rotatable bonds is 4. The van der Waals surface area contributed by atoms with Gasteiger partial charge in [0.15, 0.2) is 0 Å². The number of nitrogens with zero attached hydrogens (tertiary/aromatic N) is 2. The van der Waals surface area contributed by atoms with Crippen molar-refractivity contribution in [1.29, 1.82) is 0 Å². The number of anilines is 2. The molecule has 2 aliphatic carbocycles. The van der Waals surface area contributed by atoms with Crippen molar-refractivity contribution in [3.8, 4) is 5.75 Å². The predicted molar refractivity (Wildman–Crippen MR) is 133 cm³/mol. The van der Waals surface area contributed by atoms with E-state index >= 15 is 0 Å². The van der Waals surface area contributed by atoms with Gasteiger partial charge in [-0.3, -0.25) is 19.2 Å². The van der Waals surface area contributed by atoms with Crippen molar-refractivity contribution in [3.05, 3.63) is 53.1 Å². The summed E-state index contributed by atoms with van der Waals surface area (Å²) >= 11 is 0. The quantitative estimate of drug-likeness (QED) is 0.369. The van der Waals surface area contributed by atoms with Gasteiger partial charge in [0.1, 0.15) is 5.75 Å². The molecule has 0 N–H and O–H groups in total. The Morgan fingerprint density at radius 2 is 1.53 bits per heavy atom. The van der Waals surface area contributed by atoms with Crippen LogP contribution in [0.2, 0.25) is 0 Å². The van der Waals surface area contributed by atoms with Crippen LogP contribution in [0.3, 0.4) is 0 Å². The van der Waals surface area contributed by atoms with Crippen LogP contribution in [-0.4, -0.2) is 30.2 Å². The van der Waals surface area contributed by atoms with Crippen LogP contribution in [0.1, 0.15) is 42.4 Å². The minimum atomic E-state index is -0.560. The molecule has 7 nitrogen and oxygen atoms in total. The molecule has 0 spiro atoms. The molecule has 2 aromatic rings. The fourth-order valence-corrected chi connectivity index (χ4v) is 7.01. The highest BCUT2D eigenvalue weighted by atomic mass is 16.5. The predicted octanol–water partition coefficient (Wildman–Crippen LogP) is 4.11. The van der Waals surface area contributed by atoms with Crippen LogP contribution < -0.4 is 14.5 Å². The molecule has 4 fully saturated rings. The molecule has 2 aromatic carbocycles. The van der Waals surface area contributed by atoms with E-state index in [0.29, 0.717) is 28.8 Å². The average Bonchev–Trinajstić information content (AvgIpc) is 3.58. The van der Waals surface area contributed by atoms with Gasteiger partial charge in [-0.25, -0.2) is 4.90 Å². The second kappa shape index (κ2) is 8.29. The molecule has 2 heterocycles. The summed E-state index contributed by atoms with van der Waals surface area (Å²) < 4.78 is 5.64. The standard InChI is InChI=1S/C29H30N2O5/c1-15-8-16(2)10-21(9-15)30-14-20(13-24(30)32)29(35)36-22-6-7-23(17(3)11-22)31-27(33)25-18-4-5-19(12-18)26(25)28(31)34/h6-11,18-20,25-26H,4-5,12-14H2,1-3H3/t18-,19-,20-,25-,26+/m0/s1. The lowest BCUT2D eigenvalue weighted by Crippen LogP contribution is -2.33. The van der Waals surface area contributed by atoms with Crippen LogP contribution in [0.5, 0.6) is 5.75 Å². The number of hydrogen-bond donors (Lipinski definition) is 0. The number of carbonyl (C=O) groups excluding carboxylic acids is 4. The summed E-state index contributed by atoms with van der Waals surface area (Å²) in [5.41, 5.74) is 4.19. The van der Waals surface area contributed by atoms with E-state index in [9.17, 15) is 19.2 Å². The smallest absolute Gasteiger partial charge is 0.316 e. The lowest BCUT2D eigenvalue weighted by atomic mass is 9.81. The summed E-state index contributed by atoms with van der Waals surface area (Å²) in [7, 11) is 0. The van der Waals surface area contributed by atoms with Gasteiger partial charge in [0.25, 0.3) is 0 Å². The first-order chi connectivity index (χ1) is 17.2. The summed E-state index contributed by atoms with van der Waals surface area (Å²) in [6.45, 7) is 6.06. The molecular formula is C29H30N2O5. The maximum absolute atomic E-state index is 13.2. The molecule has 0 radical (unpaired) electrons. The maximum atomic E-state index is 13.2. The van der Waals surface area contributed by atoms with Gasteiger partial charge in [-0.1, -0.05) is 6.07 Å². The van der Waals surface area contributed by atoms with Gasteiger partial charge in [-0.2, -0.15) is 0 Å². The van der Waals surface area contributed by atoms with E-state index in [2.05, 4.69) is 0 Å².